The highest BCUT2D eigenvalue weighted by atomic mass is 16.5. The van der Waals surface area contributed by atoms with Gasteiger partial charge in [-0.25, -0.2) is 4.57 Å². The van der Waals surface area contributed by atoms with E-state index in [0.29, 0.717) is 5.92 Å². The third-order valence-electron chi connectivity index (χ3n) is 9.88. The largest absolute Gasteiger partial charge is 0.455 e. The highest BCUT2D eigenvalue weighted by Gasteiger charge is 2.34. The van der Waals surface area contributed by atoms with Gasteiger partial charge in [-0.3, -0.25) is 0 Å². The summed E-state index contributed by atoms with van der Waals surface area (Å²) in [7, 11) is 2.20. The Morgan fingerprint density at radius 2 is 1.49 bits per heavy atom. The maximum atomic E-state index is 7.16. The van der Waals surface area contributed by atoms with Crippen molar-refractivity contribution in [3.63, 3.8) is 0 Å². The highest BCUT2D eigenvalue weighted by molar-refractivity contribution is 6.16. The van der Waals surface area contributed by atoms with Gasteiger partial charge in [-0.15, -0.1) is 0 Å². The van der Waals surface area contributed by atoms with Gasteiger partial charge in [0.2, 0.25) is 5.69 Å². The van der Waals surface area contributed by atoms with Crippen LogP contribution in [0.15, 0.2) is 54.7 Å². The summed E-state index contributed by atoms with van der Waals surface area (Å²) in [6.07, 6.45) is 11.0. The Balaban J connectivity index is 1.51. The molecule has 2 heteroatoms. The van der Waals surface area contributed by atoms with Gasteiger partial charge in [0.1, 0.15) is 18.5 Å². The highest BCUT2D eigenvalue weighted by Crippen LogP contribution is 2.53. The van der Waals surface area contributed by atoms with E-state index in [9.17, 15) is 0 Å². The lowest BCUT2D eigenvalue weighted by Crippen LogP contribution is -2.32. The van der Waals surface area contributed by atoms with Gasteiger partial charge < -0.3 is 4.74 Å². The Labute approximate surface area is 258 Å². The minimum atomic E-state index is 0.121. The van der Waals surface area contributed by atoms with Crippen LogP contribution < -0.4 is 9.30 Å². The number of aryl methyl sites for hydroxylation is 2. The molecule has 0 amide bonds. The molecule has 1 aliphatic heterocycles. The van der Waals surface area contributed by atoms with Crippen LogP contribution in [0.25, 0.3) is 43.6 Å². The first-order chi connectivity index (χ1) is 20.4. The number of hydrogen-bond donors (Lipinski definition) is 0. The van der Waals surface area contributed by atoms with Gasteiger partial charge in [0.25, 0.3) is 0 Å². The molecule has 2 aliphatic rings. The Bertz CT molecular complexity index is 1910. The van der Waals surface area contributed by atoms with Crippen LogP contribution in [0, 0.1) is 17.8 Å². The molecule has 2 heterocycles. The molecular formula is C41H48NO+. The topological polar surface area (TPSA) is 13.1 Å². The van der Waals surface area contributed by atoms with E-state index >= 15 is 0 Å². The van der Waals surface area contributed by atoms with Crippen LogP contribution in [-0.2, 0) is 19.9 Å². The van der Waals surface area contributed by atoms with Crippen molar-refractivity contribution in [1.82, 2.24) is 0 Å². The number of aromatic nitrogens is 1. The van der Waals surface area contributed by atoms with Crippen molar-refractivity contribution in [3.05, 3.63) is 77.0 Å². The lowest BCUT2D eigenvalue weighted by molar-refractivity contribution is -0.659. The van der Waals surface area contributed by atoms with Crippen molar-refractivity contribution >= 4 is 32.3 Å². The molecular weight excluding hydrogens is 522 g/mol. The zero-order valence-electron chi connectivity index (χ0n) is 27.6. The van der Waals surface area contributed by atoms with E-state index < -0.39 is 0 Å². The first-order valence-electron chi connectivity index (χ1n) is 16.5. The van der Waals surface area contributed by atoms with Crippen LogP contribution in [-0.4, -0.2) is 0 Å². The van der Waals surface area contributed by atoms with Crippen LogP contribution >= 0.6 is 0 Å². The fourth-order valence-corrected chi connectivity index (χ4v) is 8.03. The minimum absolute atomic E-state index is 0.121. The van der Waals surface area contributed by atoms with Crippen LogP contribution in [0.4, 0.5) is 0 Å². The van der Waals surface area contributed by atoms with Gasteiger partial charge in [-0.1, -0.05) is 97.2 Å². The fourth-order valence-electron chi connectivity index (χ4n) is 8.03. The predicted molar refractivity (Wildman–Crippen MR) is 183 cm³/mol. The standard InChI is InChI=1S/C41H48NO/c1-25-33-20-26(23-40(2,3)4)14-16-31(33)34(24-41(5,6)7)39-36(25)38-37-32(18-19-42(38)8)30-17-15-28(27-12-10-9-11-13-27)21-29(30)22-35(37)43-39/h14-22,27H,9-13,23-24H2,1-8H3/q+1. The summed E-state index contributed by atoms with van der Waals surface area (Å²) in [6, 6.07) is 19.1. The molecule has 0 atom stereocenters. The first kappa shape index (κ1) is 28.4. The molecule has 7 rings (SSSR count). The Hall–Kier alpha value is -3.39. The van der Waals surface area contributed by atoms with Crippen molar-refractivity contribution in [2.45, 2.75) is 99.3 Å². The zero-order chi connectivity index (χ0) is 30.3. The van der Waals surface area contributed by atoms with E-state index in [1.54, 1.807) is 0 Å². The normalized spacial score (nSPS) is 15.7. The molecule has 5 aromatic rings. The van der Waals surface area contributed by atoms with E-state index in [0.717, 1.165) is 24.3 Å². The minimum Gasteiger partial charge on any atom is -0.455 e. The summed E-state index contributed by atoms with van der Waals surface area (Å²) < 4.78 is 9.49. The third-order valence-corrected chi connectivity index (χ3v) is 9.88. The number of rotatable bonds is 3. The number of fused-ring (bicyclic) bond motifs is 5. The summed E-state index contributed by atoms with van der Waals surface area (Å²) in [5.41, 5.74) is 8.46. The number of pyridine rings is 1. The maximum Gasteiger partial charge on any atom is 0.228 e. The number of hydrogen-bond acceptors (Lipinski definition) is 1. The third kappa shape index (κ3) is 5.01. The molecule has 0 unspecified atom stereocenters. The van der Waals surface area contributed by atoms with E-state index in [4.69, 9.17) is 4.74 Å². The quantitative estimate of drug-likeness (QED) is 0.152. The maximum absolute atomic E-state index is 7.16. The average Bonchev–Trinajstić information content (AvgIpc) is 2.95. The van der Waals surface area contributed by atoms with E-state index in [1.165, 1.54) is 97.9 Å². The summed E-state index contributed by atoms with van der Waals surface area (Å²) in [5.74, 6) is 2.74. The molecule has 1 aromatic heterocycles. The van der Waals surface area contributed by atoms with Crippen molar-refractivity contribution in [1.29, 1.82) is 0 Å². The fraction of sp³-hybridized carbons (Fsp3) is 0.439. The molecule has 0 bridgehead atoms. The van der Waals surface area contributed by atoms with Crippen molar-refractivity contribution in [2.24, 2.45) is 17.9 Å². The van der Waals surface area contributed by atoms with Crippen molar-refractivity contribution < 1.29 is 9.30 Å². The first-order valence-corrected chi connectivity index (χ1v) is 16.5. The molecule has 222 valence electrons. The van der Waals surface area contributed by atoms with Gasteiger partial charge in [0.05, 0.1) is 10.9 Å². The molecule has 4 aromatic carbocycles. The number of ether oxygens (including phenoxy) is 1. The average molecular weight is 571 g/mol. The second-order valence-electron chi connectivity index (χ2n) is 16.0. The molecule has 2 nitrogen and oxygen atoms in total. The molecule has 0 radical (unpaired) electrons. The van der Waals surface area contributed by atoms with E-state index in [1.807, 2.05) is 0 Å². The summed E-state index contributed by atoms with van der Waals surface area (Å²) in [4.78, 5) is 0. The zero-order valence-corrected chi connectivity index (χ0v) is 27.6. The Morgan fingerprint density at radius 3 is 2.21 bits per heavy atom. The lowest BCUT2D eigenvalue weighted by atomic mass is 9.80. The van der Waals surface area contributed by atoms with Crippen molar-refractivity contribution in [3.8, 4) is 22.8 Å². The van der Waals surface area contributed by atoms with E-state index in [2.05, 4.69) is 115 Å². The smallest absolute Gasteiger partial charge is 0.228 e. The van der Waals surface area contributed by atoms with Gasteiger partial charge in [-0.2, -0.15) is 0 Å². The molecule has 1 fully saturated rings. The predicted octanol–water partition coefficient (Wildman–Crippen LogP) is 11.3. The Morgan fingerprint density at radius 1 is 0.767 bits per heavy atom. The van der Waals surface area contributed by atoms with Crippen LogP contribution in [0.1, 0.15) is 102 Å². The lowest BCUT2D eigenvalue weighted by Gasteiger charge is -2.29. The van der Waals surface area contributed by atoms with Crippen LogP contribution in [0.3, 0.4) is 0 Å². The molecule has 1 aliphatic carbocycles. The Kier molecular flexibility index (Phi) is 6.65. The summed E-state index contributed by atoms with van der Waals surface area (Å²) in [6.45, 7) is 16.3. The van der Waals surface area contributed by atoms with E-state index in [-0.39, 0.29) is 10.8 Å². The monoisotopic (exact) mass is 570 g/mol. The molecule has 0 saturated heterocycles. The summed E-state index contributed by atoms with van der Waals surface area (Å²) >= 11 is 0. The van der Waals surface area contributed by atoms with Gasteiger partial charge in [0, 0.05) is 17.0 Å². The van der Waals surface area contributed by atoms with Gasteiger partial charge >= 0.3 is 0 Å². The molecule has 43 heavy (non-hydrogen) atoms. The molecule has 0 spiro atoms. The van der Waals surface area contributed by atoms with Crippen LogP contribution in [0.2, 0.25) is 0 Å². The van der Waals surface area contributed by atoms with Crippen molar-refractivity contribution in [2.75, 3.05) is 0 Å². The van der Waals surface area contributed by atoms with Gasteiger partial charge in [-0.05, 0) is 93.7 Å². The van der Waals surface area contributed by atoms with Crippen LogP contribution in [0.5, 0.6) is 11.5 Å². The second-order valence-corrected chi connectivity index (χ2v) is 16.0. The SMILES string of the molecule is Cc1c2c(c(CC(C)(C)C)c3ccc(CC(C)(C)C)cc13)Oc1cc3cc(C4CCCCC4)ccc3c3cc[n+](C)c-2c13. The van der Waals surface area contributed by atoms with Gasteiger partial charge in [0.15, 0.2) is 6.20 Å². The number of benzene rings is 4. The molecule has 1 saturated carbocycles. The second kappa shape index (κ2) is 10.1. The number of nitrogens with zero attached hydrogens (tertiary/aromatic N) is 1. The summed E-state index contributed by atoms with van der Waals surface area (Å²) in [5, 5.41) is 7.86. The molecule has 0 N–H and O–H groups in total.